The van der Waals surface area contributed by atoms with E-state index in [0.29, 0.717) is 18.3 Å². The Balaban J connectivity index is 2.07. The van der Waals surface area contributed by atoms with Crippen molar-refractivity contribution in [3.05, 3.63) is 29.9 Å². The highest BCUT2D eigenvalue weighted by Gasteiger charge is 2.08. The number of rotatable bonds is 5. The van der Waals surface area contributed by atoms with Gasteiger partial charge in [0.25, 0.3) is 0 Å². The molecule has 2 rings (SSSR count). The highest BCUT2D eigenvalue weighted by molar-refractivity contribution is 5.52. The van der Waals surface area contributed by atoms with Crippen LogP contribution in [0.1, 0.15) is 24.9 Å². The molecule has 17 heavy (non-hydrogen) atoms. The Bertz CT molecular complexity index is 481. The van der Waals surface area contributed by atoms with Crippen LogP contribution in [-0.4, -0.2) is 21.7 Å². The summed E-state index contributed by atoms with van der Waals surface area (Å²) >= 11 is 0. The summed E-state index contributed by atoms with van der Waals surface area (Å²) in [5, 5.41) is 11.2. The second kappa shape index (κ2) is 5.54. The fourth-order valence-electron chi connectivity index (χ4n) is 1.49. The Labute approximate surface area is 100 Å². The monoisotopic (exact) mass is 232 g/mol. The number of pyridine rings is 1. The number of aromatic nitrogens is 3. The lowest BCUT2D eigenvalue weighted by Gasteiger charge is -1.97. The molecule has 2 aromatic heterocycles. The van der Waals surface area contributed by atoms with Crippen LogP contribution in [0, 0.1) is 6.92 Å². The lowest BCUT2D eigenvalue weighted by molar-refractivity contribution is 0.477. The van der Waals surface area contributed by atoms with Gasteiger partial charge < -0.3 is 9.73 Å². The summed E-state index contributed by atoms with van der Waals surface area (Å²) in [4.78, 5) is 4.13. The van der Waals surface area contributed by atoms with Gasteiger partial charge in [0.15, 0.2) is 0 Å². The van der Waals surface area contributed by atoms with Crippen LogP contribution in [0.4, 0.5) is 0 Å². The van der Waals surface area contributed by atoms with Gasteiger partial charge in [-0.3, -0.25) is 4.98 Å². The maximum Gasteiger partial charge on any atom is 0.247 e. The van der Waals surface area contributed by atoms with Crippen molar-refractivity contribution >= 4 is 0 Å². The molecule has 0 bridgehead atoms. The van der Waals surface area contributed by atoms with Crippen molar-refractivity contribution in [3.63, 3.8) is 0 Å². The summed E-state index contributed by atoms with van der Waals surface area (Å²) in [7, 11) is 0. The van der Waals surface area contributed by atoms with E-state index in [2.05, 4.69) is 27.4 Å². The highest BCUT2D eigenvalue weighted by Crippen LogP contribution is 2.17. The molecule has 0 spiro atoms. The van der Waals surface area contributed by atoms with Gasteiger partial charge in [0.05, 0.1) is 6.54 Å². The second-order valence-corrected chi connectivity index (χ2v) is 3.86. The van der Waals surface area contributed by atoms with E-state index in [1.165, 1.54) is 0 Å². The third kappa shape index (κ3) is 3.10. The van der Waals surface area contributed by atoms with Crippen molar-refractivity contribution in [1.82, 2.24) is 20.5 Å². The number of nitrogens with zero attached hydrogens (tertiary/aromatic N) is 3. The van der Waals surface area contributed by atoms with E-state index in [0.717, 1.165) is 24.2 Å². The zero-order chi connectivity index (χ0) is 12.1. The molecule has 5 heteroatoms. The first kappa shape index (κ1) is 11.7. The van der Waals surface area contributed by atoms with Crippen LogP contribution in [0.25, 0.3) is 11.5 Å². The summed E-state index contributed by atoms with van der Waals surface area (Å²) in [6.07, 6.45) is 2.83. The third-order valence-electron chi connectivity index (χ3n) is 2.31. The van der Waals surface area contributed by atoms with E-state index in [-0.39, 0.29) is 0 Å². The SMILES string of the molecule is CCCNCc1nnc(-c2ccnc(C)c2)o1. The number of nitrogens with one attached hydrogen (secondary N) is 1. The van der Waals surface area contributed by atoms with Gasteiger partial charge in [-0.1, -0.05) is 6.92 Å². The van der Waals surface area contributed by atoms with Gasteiger partial charge in [-0.15, -0.1) is 10.2 Å². The molecule has 0 unspecified atom stereocenters. The predicted octanol–water partition coefficient (Wildman–Crippen LogP) is 1.94. The summed E-state index contributed by atoms with van der Waals surface area (Å²) in [5.41, 5.74) is 1.85. The van der Waals surface area contributed by atoms with Crippen molar-refractivity contribution in [3.8, 4) is 11.5 Å². The lowest BCUT2D eigenvalue weighted by atomic mass is 10.2. The zero-order valence-electron chi connectivity index (χ0n) is 10.1. The fraction of sp³-hybridized carbons (Fsp3) is 0.417. The quantitative estimate of drug-likeness (QED) is 0.798. The normalized spacial score (nSPS) is 10.7. The van der Waals surface area contributed by atoms with Gasteiger partial charge in [0.2, 0.25) is 11.8 Å². The highest BCUT2D eigenvalue weighted by atomic mass is 16.4. The van der Waals surface area contributed by atoms with E-state index < -0.39 is 0 Å². The molecule has 2 heterocycles. The first-order chi connectivity index (χ1) is 8.29. The van der Waals surface area contributed by atoms with Crippen molar-refractivity contribution < 1.29 is 4.42 Å². The van der Waals surface area contributed by atoms with Gasteiger partial charge in [0.1, 0.15) is 0 Å². The van der Waals surface area contributed by atoms with Gasteiger partial charge >= 0.3 is 0 Å². The molecule has 0 aliphatic carbocycles. The molecule has 0 radical (unpaired) electrons. The Morgan fingerprint density at radius 3 is 3.00 bits per heavy atom. The first-order valence-electron chi connectivity index (χ1n) is 5.75. The van der Waals surface area contributed by atoms with Crippen molar-refractivity contribution in [2.45, 2.75) is 26.8 Å². The minimum atomic E-state index is 0.545. The van der Waals surface area contributed by atoms with Crippen LogP contribution >= 0.6 is 0 Å². The van der Waals surface area contributed by atoms with Gasteiger partial charge in [-0.2, -0.15) is 0 Å². The Morgan fingerprint density at radius 2 is 2.24 bits per heavy atom. The van der Waals surface area contributed by atoms with Crippen molar-refractivity contribution in [1.29, 1.82) is 0 Å². The fourth-order valence-corrected chi connectivity index (χ4v) is 1.49. The van der Waals surface area contributed by atoms with Crippen LogP contribution in [0.3, 0.4) is 0 Å². The Kier molecular flexibility index (Phi) is 3.82. The topological polar surface area (TPSA) is 63.8 Å². The minimum Gasteiger partial charge on any atom is -0.419 e. The molecule has 90 valence electrons. The minimum absolute atomic E-state index is 0.545. The van der Waals surface area contributed by atoms with Crippen LogP contribution in [0.2, 0.25) is 0 Å². The molecular formula is C12H16N4O. The summed E-state index contributed by atoms with van der Waals surface area (Å²) in [5.74, 6) is 1.16. The molecule has 5 nitrogen and oxygen atoms in total. The molecule has 0 atom stereocenters. The standard InChI is InChI=1S/C12H16N4O/c1-3-5-13-8-11-15-16-12(17-11)10-4-6-14-9(2)7-10/h4,6-7,13H,3,5,8H2,1-2H3. The molecule has 0 aliphatic rings. The van der Waals surface area contributed by atoms with E-state index in [1.807, 2.05) is 19.1 Å². The largest absolute Gasteiger partial charge is 0.419 e. The van der Waals surface area contributed by atoms with E-state index >= 15 is 0 Å². The van der Waals surface area contributed by atoms with Gasteiger partial charge in [0, 0.05) is 17.5 Å². The summed E-state index contributed by atoms with van der Waals surface area (Å²) in [6, 6.07) is 3.79. The molecule has 2 aromatic rings. The Morgan fingerprint density at radius 1 is 1.35 bits per heavy atom. The summed E-state index contributed by atoms with van der Waals surface area (Å²) in [6.45, 7) is 5.62. The van der Waals surface area contributed by atoms with Crippen LogP contribution in [0.15, 0.2) is 22.7 Å². The average Bonchev–Trinajstić information content (AvgIpc) is 2.78. The third-order valence-corrected chi connectivity index (χ3v) is 2.31. The number of aryl methyl sites for hydroxylation is 1. The number of hydrogen-bond acceptors (Lipinski definition) is 5. The molecule has 0 saturated carbocycles. The molecule has 0 aromatic carbocycles. The van der Waals surface area contributed by atoms with Crippen LogP contribution in [0.5, 0.6) is 0 Å². The van der Waals surface area contributed by atoms with E-state index in [1.54, 1.807) is 6.20 Å². The number of hydrogen-bond donors (Lipinski definition) is 1. The van der Waals surface area contributed by atoms with Gasteiger partial charge in [-0.25, -0.2) is 0 Å². The summed E-state index contributed by atoms with van der Waals surface area (Å²) < 4.78 is 5.56. The maximum atomic E-state index is 5.56. The van der Waals surface area contributed by atoms with Crippen LogP contribution < -0.4 is 5.32 Å². The van der Waals surface area contributed by atoms with E-state index in [9.17, 15) is 0 Å². The Hall–Kier alpha value is -1.75. The maximum absolute atomic E-state index is 5.56. The van der Waals surface area contributed by atoms with Crippen molar-refractivity contribution in [2.75, 3.05) is 6.54 Å². The molecule has 1 N–H and O–H groups in total. The molecular weight excluding hydrogens is 216 g/mol. The smallest absolute Gasteiger partial charge is 0.247 e. The van der Waals surface area contributed by atoms with Gasteiger partial charge in [-0.05, 0) is 32.0 Å². The average molecular weight is 232 g/mol. The van der Waals surface area contributed by atoms with Crippen molar-refractivity contribution in [2.24, 2.45) is 0 Å². The lowest BCUT2D eigenvalue weighted by Crippen LogP contribution is -2.13. The second-order valence-electron chi connectivity index (χ2n) is 3.86. The molecule has 0 amide bonds. The first-order valence-corrected chi connectivity index (χ1v) is 5.75. The zero-order valence-corrected chi connectivity index (χ0v) is 10.1. The van der Waals surface area contributed by atoms with Crippen LogP contribution in [-0.2, 0) is 6.54 Å². The predicted molar refractivity (Wildman–Crippen MR) is 64.3 cm³/mol. The molecule has 0 fully saturated rings. The molecule has 0 saturated heterocycles. The molecule has 0 aliphatic heterocycles. The van der Waals surface area contributed by atoms with E-state index in [4.69, 9.17) is 4.42 Å².